The number of hydrogen-bond donors (Lipinski definition) is 1. The lowest BCUT2D eigenvalue weighted by Gasteiger charge is -2.09. The summed E-state index contributed by atoms with van der Waals surface area (Å²) >= 11 is 0. The first kappa shape index (κ1) is 8.07. The molecule has 0 atom stereocenters. The molecule has 2 N–H and O–H groups in total. The fraction of sp³-hybridized carbons (Fsp3) is 0.222. The van der Waals surface area contributed by atoms with Crippen LogP contribution in [0.2, 0.25) is 0 Å². The van der Waals surface area contributed by atoms with Gasteiger partial charge >= 0.3 is 0 Å². The van der Waals surface area contributed by atoms with Crippen LogP contribution in [0.25, 0.3) is 0 Å². The molecule has 1 aliphatic heterocycles. The second-order valence-electron chi connectivity index (χ2n) is 2.94. The molecule has 2 rings (SSSR count). The van der Waals surface area contributed by atoms with Gasteiger partial charge in [-0.15, -0.1) is 0 Å². The summed E-state index contributed by atoms with van der Waals surface area (Å²) in [6.07, 6.45) is 0.364. The summed E-state index contributed by atoms with van der Waals surface area (Å²) in [5.41, 5.74) is 1.69. The van der Waals surface area contributed by atoms with Crippen molar-refractivity contribution >= 4 is 11.6 Å². The molecule has 0 unspecified atom stereocenters. The molecule has 1 heterocycles. The van der Waals surface area contributed by atoms with Crippen LogP contribution in [0.15, 0.2) is 18.2 Å². The standard InChI is InChI=1S/C9H10N2O2/c1-13-7-2-3-8-6(4-7)5-9(12)11(8)10/h2-4H,5,10H2,1H3. The van der Waals surface area contributed by atoms with Crippen molar-refractivity contribution in [3.8, 4) is 5.75 Å². The molecule has 0 fully saturated rings. The van der Waals surface area contributed by atoms with Crippen LogP contribution in [-0.4, -0.2) is 13.0 Å². The lowest BCUT2D eigenvalue weighted by atomic mass is 10.1. The molecule has 4 heteroatoms. The molecule has 0 aliphatic carbocycles. The zero-order chi connectivity index (χ0) is 9.42. The van der Waals surface area contributed by atoms with Gasteiger partial charge in [0.15, 0.2) is 0 Å². The normalized spacial score (nSPS) is 14.6. The van der Waals surface area contributed by atoms with Crippen molar-refractivity contribution in [1.29, 1.82) is 0 Å². The summed E-state index contributed by atoms with van der Waals surface area (Å²) < 4.78 is 5.04. The van der Waals surface area contributed by atoms with Gasteiger partial charge in [0.05, 0.1) is 19.2 Å². The van der Waals surface area contributed by atoms with Crippen LogP contribution >= 0.6 is 0 Å². The summed E-state index contributed by atoms with van der Waals surface area (Å²) in [6.45, 7) is 0. The monoisotopic (exact) mass is 178 g/mol. The Morgan fingerprint density at radius 2 is 2.31 bits per heavy atom. The maximum atomic E-state index is 11.2. The molecule has 1 aromatic carbocycles. The quantitative estimate of drug-likeness (QED) is 0.502. The molecule has 0 radical (unpaired) electrons. The Kier molecular flexibility index (Phi) is 1.70. The smallest absolute Gasteiger partial charge is 0.245 e. The van der Waals surface area contributed by atoms with E-state index in [9.17, 15) is 4.79 Å². The van der Waals surface area contributed by atoms with E-state index in [-0.39, 0.29) is 5.91 Å². The van der Waals surface area contributed by atoms with Crippen LogP contribution in [0.3, 0.4) is 0 Å². The highest BCUT2D eigenvalue weighted by Gasteiger charge is 2.24. The molecule has 0 spiro atoms. The van der Waals surface area contributed by atoms with E-state index in [2.05, 4.69) is 0 Å². The number of nitrogens with two attached hydrogens (primary N) is 1. The average Bonchev–Trinajstić information content (AvgIpc) is 2.42. The predicted molar refractivity (Wildman–Crippen MR) is 48.4 cm³/mol. The Bertz CT molecular complexity index is 363. The number of methoxy groups -OCH3 is 1. The van der Waals surface area contributed by atoms with E-state index in [0.29, 0.717) is 6.42 Å². The molecule has 0 bridgehead atoms. The summed E-state index contributed by atoms with van der Waals surface area (Å²) in [5, 5.41) is 1.18. The van der Waals surface area contributed by atoms with Crippen molar-refractivity contribution in [2.75, 3.05) is 12.1 Å². The number of hydrazine groups is 1. The number of rotatable bonds is 1. The van der Waals surface area contributed by atoms with Crippen LogP contribution in [0, 0.1) is 0 Å². The first-order chi connectivity index (χ1) is 6.22. The fourth-order valence-corrected chi connectivity index (χ4v) is 1.45. The lowest BCUT2D eigenvalue weighted by molar-refractivity contribution is -0.117. The highest BCUT2D eigenvalue weighted by molar-refractivity contribution is 6.00. The zero-order valence-electron chi connectivity index (χ0n) is 7.28. The minimum Gasteiger partial charge on any atom is -0.497 e. The number of hydrogen-bond acceptors (Lipinski definition) is 3. The number of fused-ring (bicyclic) bond motifs is 1. The molecule has 0 aromatic heterocycles. The number of carbonyl (C=O) groups excluding carboxylic acids is 1. The Morgan fingerprint density at radius 1 is 1.54 bits per heavy atom. The Balaban J connectivity index is 2.46. The van der Waals surface area contributed by atoms with Crippen LogP contribution in [0.1, 0.15) is 5.56 Å². The van der Waals surface area contributed by atoms with E-state index in [0.717, 1.165) is 17.0 Å². The van der Waals surface area contributed by atoms with Gasteiger partial charge in [0.25, 0.3) is 0 Å². The third kappa shape index (κ3) is 1.15. The highest BCUT2D eigenvalue weighted by atomic mass is 16.5. The van der Waals surface area contributed by atoms with E-state index in [1.54, 1.807) is 19.2 Å². The van der Waals surface area contributed by atoms with Gasteiger partial charge in [0.2, 0.25) is 5.91 Å². The van der Waals surface area contributed by atoms with Crippen LogP contribution in [0.5, 0.6) is 5.75 Å². The van der Waals surface area contributed by atoms with Crippen molar-refractivity contribution in [3.05, 3.63) is 23.8 Å². The van der Waals surface area contributed by atoms with Gasteiger partial charge in [-0.05, 0) is 23.8 Å². The first-order valence-electron chi connectivity index (χ1n) is 3.97. The van der Waals surface area contributed by atoms with Gasteiger partial charge in [0.1, 0.15) is 5.75 Å². The van der Waals surface area contributed by atoms with Gasteiger partial charge in [-0.25, -0.2) is 10.9 Å². The SMILES string of the molecule is COc1ccc2c(c1)CC(=O)N2N. The minimum absolute atomic E-state index is 0.0803. The van der Waals surface area contributed by atoms with Gasteiger partial charge in [-0.1, -0.05) is 0 Å². The number of carbonyl (C=O) groups is 1. The summed E-state index contributed by atoms with van der Waals surface area (Å²) in [7, 11) is 1.60. The molecule has 1 aromatic rings. The van der Waals surface area contributed by atoms with Crippen molar-refractivity contribution in [3.63, 3.8) is 0 Å². The van der Waals surface area contributed by atoms with Crippen LogP contribution in [-0.2, 0) is 11.2 Å². The van der Waals surface area contributed by atoms with E-state index < -0.39 is 0 Å². The third-order valence-corrected chi connectivity index (χ3v) is 2.16. The number of benzene rings is 1. The average molecular weight is 178 g/mol. The molecule has 1 amide bonds. The van der Waals surface area contributed by atoms with Crippen molar-refractivity contribution in [2.45, 2.75) is 6.42 Å². The van der Waals surface area contributed by atoms with Crippen molar-refractivity contribution in [1.82, 2.24) is 0 Å². The summed E-state index contributed by atoms with van der Waals surface area (Å²) in [5.74, 6) is 6.20. The van der Waals surface area contributed by atoms with E-state index in [4.69, 9.17) is 10.6 Å². The molecule has 13 heavy (non-hydrogen) atoms. The molecule has 4 nitrogen and oxygen atoms in total. The van der Waals surface area contributed by atoms with Crippen LogP contribution < -0.4 is 15.6 Å². The van der Waals surface area contributed by atoms with E-state index in [1.807, 2.05) is 6.07 Å². The maximum absolute atomic E-state index is 11.2. The molecule has 1 aliphatic rings. The molecular weight excluding hydrogens is 168 g/mol. The van der Waals surface area contributed by atoms with E-state index >= 15 is 0 Å². The molecule has 0 saturated heterocycles. The second kappa shape index (κ2) is 2.74. The van der Waals surface area contributed by atoms with Gasteiger partial charge in [0, 0.05) is 0 Å². The second-order valence-corrected chi connectivity index (χ2v) is 2.94. The lowest BCUT2D eigenvalue weighted by Crippen LogP contribution is -2.33. The maximum Gasteiger partial charge on any atom is 0.245 e. The largest absolute Gasteiger partial charge is 0.497 e. The van der Waals surface area contributed by atoms with Gasteiger partial charge < -0.3 is 4.74 Å². The van der Waals surface area contributed by atoms with Crippen LogP contribution in [0.4, 0.5) is 5.69 Å². The van der Waals surface area contributed by atoms with Crippen molar-refractivity contribution in [2.24, 2.45) is 5.84 Å². The Labute approximate surface area is 75.9 Å². The third-order valence-electron chi connectivity index (χ3n) is 2.16. The highest BCUT2D eigenvalue weighted by Crippen LogP contribution is 2.29. The molecule has 68 valence electrons. The number of ether oxygens (including phenoxy) is 1. The fourth-order valence-electron chi connectivity index (χ4n) is 1.45. The Morgan fingerprint density at radius 3 is 3.00 bits per heavy atom. The predicted octanol–water partition coefficient (Wildman–Crippen LogP) is 0.458. The number of amides is 1. The number of nitrogens with zero attached hydrogens (tertiary/aromatic N) is 1. The Hall–Kier alpha value is -1.55. The van der Waals surface area contributed by atoms with Crippen molar-refractivity contribution < 1.29 is 9.53 Å². The zero-order valence-corrected chi connectivity index (χ0v) is 7.28. The van der Waals surface area contributed by atoms with Gasteiger partial charge in [-0.3, -0.25) is 4.79 Å². The molecule has 0 saturated carbocycles. The summed E-state index contributed by atoms with van der Waals surface area (Å²) in [4.78, 5) is 11.2. The van der Waals surface area contributed by atoms with Gasteiger partial charge in [-0.2, -0.15) is 0 Å². The molecular formula is C9H10N2O2. The number of anilines is 1. The summed E-state index contributed by atoms with van der Waals surface area (Å²) in [6, 6.07) is 5.41. The topological polar surface area (TPSA) is 55.6 Å². The van der Waals surface area contributed by atoms with E-state index in [1.165, 1.54) is 5.01 Å². The first-order valence-corrected chi connectivity index (χ1v) is 3.97. The minimum atomic E-state index is -0.0803.